The van der Waals surface area contributed by atoms with E-state index in [1.54, 1.807) is 0 Å². The summed E-state index contributed by atoms with van der Waals surface area (Å²) in [5.74, 6) is 0.881. The summed E-state index contributed by atoms with van der Waals surface area (Å²) in [5, 5.41) is 3.52. The molecule has 6 nitrogen and oxygen atoms in total. The van der Waals surface area contributed by atoms with Crippen molar-refractivity contribution in [3.8, 4) is 0 Å². The van der Waals surface area contributed by atoms with E-state index in [4.69, 9.17) is 9.15 Å². The van der Waals surface area contributed by atoms with E-state index in [2.05, 4.69) is 15.3 Å². The zero-order valence-corrected chi connectivity index (χ0v) is 13.2. The van der Waals surface area contributed by atoms with Crippen LogP contribution in [0.15, 0.2) is 41.1 Å². The molecule has 0 aliphatic rings. The first kappa shape index (κ1) is 15.2. The van der Waals surface area contributed by atoms with E-state index in [0.717, 1.165) is 16.9 Å². The molecule has 1 unspecified atom stereocenters. The number of hydrogen-bond acceptors (Lipinski definition) is 5. The highest BCUT2D eigenvalue weighted by molar-refractivity contribution is 6.01. The molecule has 0 bridgehead atoms. The van der Waals surface area contributed by atoms with Gasteiger partial charge in [-0.2, -0.15) is 0 Å². The summed E-state index contributed by atoms with van der Waals surface area (Å²) in [6.07, 6.45) is 0.652. The van der Waals surface area contributed by atoms with Crippen LogP contribution in [0.4, 0.5) is 5.82 Å². The molecule has 2 aromatic heterocycles. The monoisotopic (exact) mass is 311 g/mol. The number of aryl methyl sites for hydroxylation is 2. The minimum atomic E-state index is -0.713. The van der Waals surface area contributed by atoms with Crippen molar-refractivity contribution in [2.75, 3.05) is 12.4 Å². The lowest BCUT2D eigenvalue weighted by Crippen LogP contribution is -2.23. The molecular formula is C17H17N3O3. The van der Waals surface area contributed by atoms with Crippen LogP contribution < -0.4 is 5.32 Å². The van der Waals surface area contributed by atoms with Crippen LogP contribution in [0.5, 0.6) is 0 Å². The van der Waals surface area contributed by atoms with Gasteiger partial charge in [0.25, 0.3) is 5.91 Å². The molecule has 23 heavy (non-hydrogen) atoms. The van der Waals surface area contributed by atoms with E-state index in [0.29, 0.717) is 16.9 Å². The fourth-order valence-electron chi connectivity index (χ4n) is 2.48. The van der Waals surface area contributed by atoms with Gasteiger partial charge in [-0.1, -0.05) is 30.3 Å². The molecule has 1 atom stereocenters. The van der Waals surface area contributed by atoms with Crippen molar-refractivity contribution >= 4 is 22.8 Å². The Bertz CT molecular complexity index is 843. The average Bonchev–Trinajstić information content (AvgIpc) is 2.85. The Morgan fingerprint density at radius 2 is 1.96 bits per heavy atom. The molecule has 2 heterocycles. The van der Waals surface area contributed by atoms with Gasteiger partial charge < -0.3 is 14.5 Å². The zero-order valence-electron chi connectivity index (χ0n) is 13.2. The van der Waals surface area contributed by atoms with E-state index in [-0.39, 0.29) is 5.91 Å². The zero-order chi connectivity index (χ0) is 16.4. The number of anilines is 1. The van der Waals surface area contributed by atoms with Crippen molar-refractivity contribution in [1.29, 1.82) is 0 Å². The lowest BCUT2D eigenvalue weighted by Gasteiger charge is -2.15. The van der Waals surface area contributed by atoms with Crippen molar-refractivity contribution in [2.24, 2.45) is 0 Å². The van der Waals surface area contributed by atoms with Gasteiger partial charge in [0.05, 0.1) is 5.39 Å². The molecule has 0 saturated heterocycles. The van der Waals surface area contributed by atoms with Crippen LogP contribution >= 0.6 is 0 Å². The number of nitrogens with zero attached hydrogens (tertiary/aromatic N) is 2. The second kappa shape index (κ2) is 6.18. The predicted octanol–water partition coefficient (Wildman–Crippen LogP) is 3.17. The average molecular weight is 311 g/mol. The van der Waals surface area contributed by atoms with Crippen LogP contribution in [-0.4, -0.2) is 23.0 Å². The van der Waals surface area contributed by atoms with Gasteiger partial charge in [0.15, 0.2) is 6.10 Å². The standard InChI is InChI=1S/C17H17N3O3/c1-10-11(2)23-17-13(10)15(18-9-19-17)20-16(21)14(22-3)12-7-5-4-6-8-12/h4-9,14H,1-3H3,(H,18,19,20,21). The molecule has 6 heteroatoms. The van der Waals surface area contributed by atoms with Crippen molar-refractivity contribution in [3.05, 3.63) is 53.5 Å². The normalized spacial score (nSPS) is 12.3. The van der Waals surface area contributed by atoms with Crippen molar-refractivity contribution in [2.45, 2.75) is 20.0 Å². The van der Waals surface area contributed by atoms with Crippen molar-refractivity contribution in [3.63, 3.8) is 0 Å². The van der Waals surface area contributed by atoms with Crippen molar-refractivity contribution < 1.29 is 13.9 Å². The molecule has 0 spiro atoms. The first-order chi connectivity index (χ1) is 11.1. The largest absolute Gasteiger partial charge is 0.443 e. The highest BCUT2D eigenvalue weighted by Gasteiger charge is 2.22. The second-order valence-electron chi connectivity index (χ2n) is 5.20. The molecule has 0 aliphatic heterocycles. The maximum absolute atomic E-state index is 12.6. The number of rotatable bonds is 4. The Morgan fingerprint density at radius 1 is 1.22 bits per heavy atom. The number of hydrogen-bond donors (Lipinski definition) is 1. The van der Waals surface area contributed by atoms with Crippen LogP contribution in [0.25, 0.3) is 11.1 Å². The number of fused-ring (bicyclic) bond motifs is 1. The molecule has 0 saturated carbocycles. The summed E-state index contributed by atoms with van der Waals surface area (Å²) in [6.45, 7) is 3.76. The smallest absolute Gasteiger partial charge is 0.259 e. The summed E-state index contributed by atoms with van der Waals surface area (Å²) >= 11 is 0. The number of furan rings is 1. The number of aromatic nitrogens is 2. The van der Waals surface area contributed by atoms with Crippen LogP contribution in [0, 0.1) is 13.8 Å². The van der Waals surface area contributed by atoms with Crippen LogP contribution in [0.3, 0.4) is 0 Å². The fraction of sp³-hybridized carbons (Fsp3) is 0.235. The van der Waals surface area contributed by atoms with E-state index in [1.807, 2.05) is 44.2 Å². The van der Waals surface area contributed by atoms with Gasteiger partial charge in [-0.15, -0.1) is 0 Å². The number of carbonyl (C=O) groups excluding carboxylic acids is 1. The van der Waals surface area contributed by atoms with E-state index in [9.17, 15) is 4.79 Å². The number of ether oxygens (including phenoxy) is 1. The summed E-state index contributed by atoms with van der Waals surface area (Å²) in [6, 6.07) is 9.30. The van der Waals surface area contributed by atoms with Gasteiger partial charge in [-0.3, -0.25) is 4.79 Å². The van der Waals surface area contributed by atoms with Crippen molar-refractivity contribution in [1.82, 2.24) is 9.97 Å². The second-order valence-corrected chi connectivity index (χ2v) is 5.20. The fourth-order valence-corrected chi connectivity index (χ4v) is 2.48. The van der Waals surface area contributed by atoms with E-state index < -0.39 is 6.10 Å². The third kappa shape index (κ3) is 2.80. The maximum Gasteiger partial charge on any atom is 0.259 e. The Hall–Kier alpha value is -2.73. The summed E-state index contributed by atoms with van der Waals surface area (Å²) in [5.41, 5.74) is 2.14. The lowest BCUT2D eigenvalue weighted by atomic mass is 10.1. The van der Waals surface area contributed by atoms with Crippen LogP contribution in [0.1, 0.15) is 23.0 Å². The molecular weight excluding hydrogens is 294 g/mol. The summed E-state index contributed by atoms with van der Waals surface area (Å²) in [7, 11) is 1.50. The highest BCUT2D eigenvalue weighted by Crippen LogP contribution is 2.29. The Morgan fingerprint density at radius 3 is 2.65 bits per heavy atom. The number of amides is 1. The quantitative estimate of drug-likeness (QED) is 0.801. The van der Waals surface area contributed by atoms with Gasteiger partial charge in [0.1, 0.15) is 17.9 Å². The molecule has 3 aromatic rings. The molecule has 1 amide bonds. The van der Waals surface area contributed by atoms with Gasteiger partial charge in [0, 0.05) is 12.7 Å². The highest BCUT2D eigenvalue weighted by atomic mass is 16.5. The van der Waals surface area contributed by atoms with Gasteiger partial charge in [0.2, 0.25) is 5.71 Å². The van der Waals surface area contributed by atoms with Gasteiger partial charge in [-0.05, 0) is 19.4 Å². The lowest BCUT2D eigenvalue weighted by molar-refractivity contribution is -0.126. The van der Waals surface area contributed by atoms with Gasteiger partial charge in [-0.25, -0.2) is 9.97 Å². The molecule has 118 valence electrons. The van der Waals surface area contributed by atoms with Crippen LogP contribution in [0.2, 0.25) is 0 Å². The third-order valence-corrected chi connectivity index (χ3v) is 3.78. The number of carbonyl (C=O) groups is 1. The third-order valence-electron chi connectivity index (χ3n) is 3.78. The molecule has 0 radical (unpaired) electrons. The van der Waals surface area contributed by atoms with Gasteiger partial charge >= 0.3 is 0 Å². The predicted molar refractivity (Wildman–Crippen MR) is 86.1 cm³/mol. The first-order valence-corrected chi connectivity index (χ1v) is 7.21. The summed E-state index contributed by atoms with van der Waals surface area (Å²) < 4.78 is 10.9. The Balaban J connectivity index is 1.94. The maximum atomic E-state index is 12.6. The topological polar surface area (TPSA) is 77.2 Å². The molecule has 1 N–H and O–H groups in total. The molecule has 1 aromatic carbocycles. The number of methoxy groups -OCH3 is 1. The Labute approximate surface area is 133 Å². The minimum Gasteiger partial charge on any atom is -0.443 e. The molecule has 3 rings (SSSR count). The number of nitrogens with one attached hydrogen (secondary N) is 1. The molecule has 0 fully saturated rings. The first-order valence-electron chi connectivity index (χ1n) is 7.21. The van der Waals surface area contributed by atoms with Crippen LogP contribution in [-0.2, 0) is 9.53 Å². The summed E-state index contributed by atoms with van der Waals surface area (Å²) in [4.78, 5) is 20.8. The SMILES string of the molecule is COC(C(=O)Nc1ncnc2oc(C)c(C)c12)c1ccccc1. The van der Waals surface area contributed by atoms with E-state index >= 15 is 0 Å². The molecule has 0 aliphatic carbocycles. The number of benzene rings is 1. The minimum absolute atomic E-state index is 0.294. The Kier molecular flexibility index (Phi) is 4.08. The van der Waals surface area contributed by atoms with E-state index in [1.165, 1.54) is 13.4 Å².